The molecule has 2 aliphatic heterocycles. The van der Waals surface area contributed by atoms with Crippen molar-refractivity contribution in [3.63, 3.8) is 0 Å². The zero-order chi connectivity index (χ0) is 19.4. The summed E-state index contributed by atoms with van der Waals surface area (Å²) in [5.74, 6) is 2.85. The molecule has 2 fully saturated rings. The van der Waals surface area contributed by atoms with E-state index in [4.69, 9.17) is 0 Å². The predicted molar refractivity (Wildman–Crippen MR) is 95.8 cm³/mol. The number of anilines is 1. The normalized spacial score (nSPS) is 24.1. The summed E-state index contributed by atoms with van der Waals surface area (Å²) in [6.45, 7) is 2.37. The Balaban J connectivity index is 1.28. The maximum Gasteiger partial charge on any atom is 0.433 e. The highest BCUT2D eigenvalue weighted by atomic mass is 19.4. The van der Waals surface area contributed by atoms with E-state index in [1.54, 1.807) is 0 Å². The summed E-state index contributed by atoms with van der Waals surface area (Å²) in [5.41, 5.74) is -0.665. The molecule has 1 aliphatic carbocycles. The molecule has 1 spiro atoms. The molecule has 1 unspecified atom stereocenters. The molecular formula is C19H23F3N6. The lowest BCUT2D eigenvalue weighted by Gasteiger charge is -2.33. The third kappa shape index (κ3) is 3.04. The quantitative estimate of drug-likeness (QED) is 0.782. The molecule has 0 N–H and O–H groups in total. The molecule has 1 saturated heterocycles. The van der Waals surface area contributed by atoms with Gasteiger partial charge in [0.1, 0.15) is 17.3 Å². The molecule has 1 atom stereocenters. The van der Waals surface area contributed by atoms with Crippen molar-refractivity contribution in [1.29, 1.82) is 0 Å². The molecule has 0 aromatic carbocycles. The number of piperidine rings is 1. The summed E-state index contributed by atoms with van der Waals surface area (Å²) in [5, 5.41) is 8.94. The van der Waals surface area contributed by atoms with Crippen LogP contribution in [0.15, 0.2) is 12.3 Å². The van der Waals surface area contributed by atoms with Crippen LogP contribution in [0.4, 0.5) is 19.1 Å². The topological polar surface area (TPSA) is 59.7 Å². The molecule has 0 amide bonds. The zero-order valence-electron chi connectivity index (χ0n) is 15.6. The lowest BCUT2D eigenvalue weighted by Crippen LogP contribution is -2.36. The number of fused-ring (bicyclic) bond motifs is 1. The molecule has 0 bridgehead atoms. The Labute approximate surface area is 161 Å². The minimum atomic E-state index is -4.44. The average Bonchev–Trinajstić information content (AvgIpc) is 3.31. The van der Waals surface area contributed by atoms with Gasteiger partial charge in [-0.25, -0.2) is 9.97 Å². The predicted octanol–water partition coefficient (Wildman–Crippen LogP) is 3.59. The second-order valence-electron chi connectivity index (χ2n) is 8.28. The van der Waals surface area contributed by atoms with E-state index in [2.05, 4.69) is 24.7 Å². The minimum Gasteiger partial charge on any atom is -0.341 e. The number of aromatic nitrogens is 5. The van der Waals surface area contributed by atoms with E-state index in [1.165, 1.54) is 25.5 Å². The maximum atomic E-state index is 12.9. The van der Waals surface area contributed by atoms with E-state index in [1.807, 2.05) is 4.90 Å². The lowest BCUT2D eigenvalue weighted by atomic mass is 9.90. The maximum absolute atomic E-state index is 12.9. The molecule has 2 aromatic rings. The molecule has 9 heteroatoms. The van der Waals surface area contributed by atoms with Gasteiger partial charge in [0.15, 0.2) is 0 Å². The van der Waals surface area contributed by atoms with Crippen molar-refractivity contribution in [3.05, 3.63) is 29.6 Å². The Morgan fingerprint density at radius 1 is 1.04 bits per heavy atom. The van der Waals surface area contributed by atoms with Crippen molar-refractivity contribution in [2.45, 2.75) is 63.6 Å². The van der Waals surface area contributed by atoms with Crippen LogP contribution in [0.1, 0.15) is 61.8 Å². The molecule has 1 saturated carbocycles. The smallest absolute Gasteiger partial charge is 0.341 e. The van der Waals surface area contributed by atoms with Gasteiger partial charge in [-0.3, -0.25) is 0 Å². The van der Waals surface area contributed by atoms with Crippen LogP contribution in [-0.2, 0) is 19.1 Å². The number of halogens is 3. The number of rotatable bonds is 2. The van der Waals surface area contributed by atoms with Gasteiger partial charge in [0, 0.05) is 38.2 Å². The molecular weight excluding hydrogens is 369 g/mol. The highest BCUT2D eigenvalue weighted by molar-refractivity contribution is 5.34. The van der Waals surface area contributed by atoms with Gasteiger partial charge in [0.25, 0.3) is 0 Å². The van der Waals surface area contributed by atoms with Crippen molar-refractivity contribution in [2.24, 2.45) is 5.41 Å². The number of alkyl halides is 3. The standard InChI is InChI=1S/C19H23F3N6/c20-19(21,22)14-5-8-23-17(24-14)27-10-6-18(7-11-27)12-13(18)16-26-25-15-4-2-1-3-9-28(15)16/h5,8,13H,1-4,6-7,9-12H2. The second-order valence-corrected chi connectivity index (χ2v) is 8.28. The van der Waals surface area contributed by atoms with Gasteiger partial charge < -0.3 is 9.47 Å². The molecule has 3 aliphatic rings. The van der Waals surface area contributed by atoms with Crippen molar-refractivity contribution in [3.8, 4) is 0 Å². The first kappa shape index (κ1) is 17.9. The Kier molecular flexibility index (Phi) is 4.10. The number of nitrogens with zero attached hydrogens (tertiary/aromatic N) is 6. The van der Waals surface area contributed by atoms with Gasteiger partial charge in [-0.05, 0) is 43.6 Å². The fraction of sp³-hybridized carbons (Fsp3) is 0.684. The van der Waals surface area contributed by atoms with Crippen LogP contribution in [-0.4, -0.2) is 37.8 Å². The van der Waals surface area contributed by atoms with E-state index in [0.29, 0.717) is 19.0 Å². The fourth-order valence-electron chi connectivity index (χ4n) is 4.84. The molecule has 28 heavy (non-hydrogen) atoms. The number of hydrogen-bond donors (Lipinski definition) is 0. The van der Waals surface area contributed by atoms with Crippen LogP contribution in [0.2, 0.25) is 0 Å². The summed E-state index contributed by atoms with van der Waals surface area (Å²) in [6, 6.07) is 0.920. The molecule has 2 aromatic heterocycles. The van der Waals surface area contributed by atoms with Gasteiger partial charge >= 0.3 is 6.18 Å². The Morgan fingerprint density at radius 3 is 2.64 bits per heavy atom. The Bertz CT molecular complexity index is 869. The van der Waals surface area contributed by atoms with E-state index in [9.17, 15) is 13.2 Å². The monoisotopic (exact) mass is 392 g/mol. The molecule has 150 valence electrons. The minimum absolute atomic E-state index is 0.179. The summed E-state index contributed by atoms with van der Waals surface area (Å²) in [4.78, 5) is 9.68. The number of aryl methyl sites for hydroxylation is 1. The van der Waals surface area contributed by atoms with Crippen LogP contribution < -0.4 is 4.90 Å². The van der Waals surface area contributed by atoms with Gasteiger partial charge in [-0.2, -0.15) is 13.2 Å². The van der Waals surface area contributed by atoms with Crippen molar-refractivity contribution in [1.82, 2.24) is 24.7 Å². The van der Waals surface area contributed by atoms with Crippen LogP contribution in [0.25, 0.3) is 0 Å². The summed E-state index contributed by atoms with van der Waals surface area (Å²) >= 11 is 0. The highest BCUT2D eigenvalue weighted by Crippen LogP contribution is 2.64. The summed E-state index contributed by atoms with van der Waals surface area (Å²) in [6.07, 6.45) is 4.32. The molecule has 0 radical (unpaired) electrons. The molecule has 6 nitrogen and oxygen atoms in total. The highest BCUT2D eigenvalue weighted by Gasteiger charge is 2.57. The van der Waals surface area contributed by atoms with Gasteiger partial charge in [-0.15, -0.1) is 10.2 Å². The first-order chi connectivity index (χ1) is 13.5. The second kappa shape index (κ2) is 6.42. The lowest BCUT2D eigenvalue weighted by molar-refractivity contribution is -0.141. The Hall–Kier alpha value is -2.19. The fourth-order valence-corrected chi connectivity index (χ4v) is 4.84. The first-order valence-electron chi connectivity index (χ1n) is 10.0. The van der Waals surface area contributed by atoms with Gasteiger partial charge in [-0.1, -0.05) is 6.42 Å². The van der Waals surface area contributed by atoms with E-state index in [0.717, 1.165) is 49.9 Å². The zero-order valence-corrected chi connectivity index (χ0v) is 15.6. The first-order valence-corrected chi connectivity index (χ1v) is 10.0. The Morgan fingerprint density at radius 2 is 1.86 bits per heavy atom. The summed E-state index contributed by atoms with van der Waals surface area (Å²) in [7, 11) is 0. The van der Waals surface area contributed by atoms with Crippen molar-refractivity contribution in [2.75, 3.05) is 18.0 Å². The summed E-state index contributed by atoms with van der Waals surface area (Å²) < 4.78 is 41.1. The van der Waals surface area contributed by atoms with Gasteiger partial charge in [0.05, 0.1) is 0 Å². The number of hydrogen-bond acceptors (Lipinski definition) is 5. The molecule has 4 heterocycles. The van der Waals surface area contributed by atoms with Crippen LogP contribution in [0, 0.1) is 5.41 Å². The molecule has 5 rings (SSSR count). The van der Waals surface area contributed by atoms with E-state index in [-0.39, 0.29) is 11.4 Å². The third-order valence-electron chi connectivity index (χ3n) is 6.61. The van der Waals surface area contributed by atoms with Crippen molar-refractivity contribution < 1.29 is 13.2 Å². The van der Waals surface area contributed by atoms with E-state index < -0.39 is 11.9 Å². The van der Waals surface area contributed by atoms with Gasteiger partial charge in [0.2, 0.25) is 5.95 Å². The third-order valence-corrected chi connectivity index (χ3v) is 6.61. The van der Waals surface area contributed by atoms with Crippen molar-refractivity contribution >= 4 is 5.95 Å². The van der Waals surface area contributed by atoms with Crippen LogP contribution >= 0.6 is 0 Å². The average molecular weight is 392 g/mol. The van der Waals surface area contributed by atoms with Crippen LogP contribution in [0.3, 0.4) is 0 Å². The SMILES string of the molecule is FC(F)(F)c1ccnc(N2CCC3(CC2)CC3c2nnc3n2CCCCC3)n1. The largest absolute Gasteiger partial charge is 0.433 e. The van der Waals surface area contributed by atoms with Crippen LogP contribution in [0.5, 0.6) is 0 Å². The van der Waals surface area contributed by atoms with E-state index >= 15 is 0 Å².